The van der Waals surface area contributed by atoms with Crippen LogP contribution in [0.1, 0.15) is 17.3 Å². The molecule has 0 aliphatic carbocycles. The lowest BCUT2D eigenvalue weighted by Crippen LogP contribution is -2.30. The van der Waals surface area contributed by atoms with Crippen molar-refractivity contribution in [2.24, 2.45) is 7.05 Å². The second-order valence-corrected chi connectivity index (χ2v) is 5.41. The van der Waals surface area contributed by atoms with E-state index < -0.39 is 18.0 Å². The van der Waals surface area contributed by atoms with Crippen molar-refractivity contribution >= 4 is 40.8 Å². The highest BCUT2D eigenvalue weighted by Crippen LogP contribution is 2.25. The van der Waals surface area contributed by atoms with Crippen LogP contribution >= 0.6 is 23.2 Å². The number of nitrogens with zero attached hydrogens (tertiary/aromatic N) is 2. The van der Waals surface area contributed by atoms with Crippen LogP contribution in [0, 0.1) is 0 Å². The number of hydrogen-bond acceptors (Lipinski definition) is 4. The lowest BCUT2D eigenvalue weighted by atomic mass is 10.3. The van der Waals surface area contributed by atoms with Gasteiger partial charge in [-0.05, 0) is 25.1 Å². The molecule has 8 heteroatoms. The highest BCUT2D eigenvalue weighted by molar-refractivity contribution is 6.35. The number of anilines is 1. The molecule has 116 valence electrons. The second kappa shape index (κ2) is 6.81. The molecule has 0 spiro atoms. The van der Waals surface area contributed by atoms with Crippen molar-refractivity contribution in [1.82, 2.24) is 9.78 Å². The molecule has 1 amide bonds. The molecule has 0 radical (unpaired) electrons. The van der Waals surface area contributed by atoms with Crippen molar-refractivity contribution in [3.8, 4) is 0 Å². The van der Waals surface area contributed by atoms with Gasteiger partial charge in [-0.15, -0.1) is 0 Å². The lowest BCUT2D eigenvalue weighted by Gasteiger charge is -2.14. The van der Waals surface area contributed by atoms with Gasteiger partial charge in [-0.25, -0.2) is 4.79 Å². The molecule has 0 aliphatic rings. The minimum absolute atomic E-state index is 0.267. The number of halogens is 2. The molecular formula is C14H13Cl2N3O3. The van der Waals surface area contributed by atoms with E-state index in [9.17, 15) is 9.59 Å². The summed E-state index contributed by atoms with van der Waals surface area (Å²) in [5.74, 6) is -1.14. The minimum Gasteiger partial charge on any atom is -0.449 e. The SMILES string of the molecule is CC(OC(=O)c1cnn(C)c1)C(=O)Nc1cc(Cl)ccc1Cl. The summed E-state index contributed by atoms with van der Waals surface area (Å²) in [4.78, 5) is 23.9. The summed E-state index contributed by atoms with van der Waals surface area (Å²) in [6.07, 6.45) is 1.87. The molecular weight excluding hydrogens is 329 g/mol. The Hall–Kier alpha value is -2.05. The van der Waals surface area contributed by atoms with E-state index >= 15 is 0 Å². The number of nitrogens with one attached hydrogen (secondary N) is 1. The molecule has 1 aromatic heterocycles. The predicted octanol–water partition coefficient (Wildman–Crippen LogP) is 2.91. The molecule has 1 unspecified atom stereocenters. The molecule has 0 aliphatic heterocycles. The van der Waals surface area contributed by atoms with Crippen LogP contribution in [0.2, 0.25) is 10.0 Å². The normalized spacial score (nSPS) is 11.8. The Kier molecular flexibility index (Phi) is 5.05. The van der Waals surface area contributed by atoms with Gasteiger partial charge in [0, 0.05) is 18.3 Å². The molecule has 0 fully saturated rings. The first-order valence-electron chi connectivity index (χ1n) is 6.32. The molecule has 2 aromatic rings. The molecule has 0 saturated carbocycles. The van der Waals surface area contributed by atoms with Crippen LogP contribution < -0.4 is 5.32 Å². The lowest BCUT2D eigenvalue weighted by molar-refractivity contribution is -0.123. The maximum absolute atomic E-state index is 12.0. The average Bonchev–Trinajstić information content (AvgIpc) is 2.89. The quantitative estimate of drug-likeness (QED) is 0.867. The Labute approximate surface area is 137 Å². The maximum Gasteiger partial charge on any atom is 0.342 e. The number of amides is 1. The van der Waals surface area contributed by atoms with Crippen molar-refractivity contribution in [2.45, 2.75) is 13.0 Å². The average molecular weight is 342 g/mol. The Bertz CT molecular complexity index is 715. The van der Waals surface area contributed by atoms with Gasteiger partial charge in [0.1, 0.15) is 0 Å². The number of esters is 1. The Morgan fingerprint density at radius 1 is 1.36 bits per heavy atom. The Balaban J connectivity index is 2.00. The van der Waals surface area contributed by atoms with E-state index in [4.69, 9.17) is 27.9 Å². The van der Waals surface area contributed by atoms with E-state index in [2.05, 4.69) is 10.4 Å². The topological polar surface area (TPSA) is 73.2 Å². The highest BCUT2D eigenvalue weighted by Gasteiger charge is 2.20. The van der Waals surface area contributed by atoms with Crippen LogP contribution in [0.5, 0.6) is 0 Å². The highest BCUT2D eigenvalue weighted by atomic mass is 35.5. The fourth-order valence-electron chi connectivity index (χ4n) is 1.64. The molecule has 0 bridgehead atoms. The zero-order valence-corrected chi connectivity index (χ0v) is 13.4. The van der Waals surface area contributed by atoms with Crippen LogP contribution in [0.15, 0.2) is 30.6 Å². The van der Waals surface area contributed by atoms with E-state index in [1.54, 1.807) is 19.2 Å². The molecule has 1 aromatic carbocycles. The van der Waals surface area contributed by atoms with Crippen molar-refractivity contribution in [2.75, 3.05) is 5.32 Å². The van der Waals surface area contributed by atoms with E-state index in [0.29, 0.717) is 15.7 Å². The van der Waals surface area contributed by atoms with Gasteiger partial charge in [-0.1, -0.05) is 23.2 Å². The monoisotopic (exact) mass is 341 g/mol. The third kappa shape index (κ3) is 3.99. The molecule has 6 nitrogen and oxygen atoms in total. The van der Waals surface area contributed by atoms with Crippen LogP contribution in [0.3, 0.4) is 0 Å². The summed E-state index contributed by atoms with van der Waals surface area (Å²) in [5.41, 5.74) is 0.617. The number of carbonyl (C=O) groups is 2. The van der Waals surface area contributed by atoms with Crippen LogP contribution in [-0.4, -0.2) is 27.8 Å². The Morgan fingerprint density at radius 3 is 2.73 bits per heavy atom. The molecule has 1 N–H and O–H groups in total. The summed E-state index contributed by atoms with van der Waals surface area (Å²) in [6, 6.07) is 4.68. The Morgan fingerprint density at radius 2 is 2.09 bits per heavy atom. The first-order chi connectivity index (χ1) is 10.4. The minimum atomic E-state index is -0.997. The molecule has 1 atom stereocenters. The largest absolute Gasteiger partial charge is 0.449 e. The zero-order valence-electron chi connectivity index (χ0n) is 11.8. The third-order valence-electron chi connectivity index (χ3n) is 2.78. The first-order valence-corrected chi connectivity index (χ1v) is 7.08. The van der Waals surface area contributed by atoms with Gasteiger partial charge in [0.15, 0.2) is 6.10 Å². The molecule has 0 saturated heterocycles. The number of ether oxygens (including phenoxy) is 1. The molecule has 1 heterocycles. The van der Waals surface area contributed by atoms with Crippen LogP contribution in [0.4, 0.5) is 5.69 Å². The first kappa shape index (κ1) is 16.3. The fraction of sp³-hybridized carbons (Fsp3) is 0.214. The molecule has 22 heavy (non-hydrogen) atoms. The number of carbonyl (C=O) groups excluding carboxylic acids is 2. The number of aromatic nitrogens is 2. The van der Waals surface area contributed by atoms with Crippen LogP contribution in [0.25, 0.3) is 0 Å². The van der Waals surface area contributed by atoms with Crippen molar-refractivity contribution < 1.29 is 14.3 Å². The van der Waals surface area contributed by atoms with Crippen LogP contribution in [-0.2, 0) is 16.6 Å². The van der Waals surface area contributed by atoms with Gasteiger partial charge in [0.05, 0.1) is 22.5 Å². The van der Waals surface area contributed by atoms with Gasteiger partial charge in [0.2, 0.25) is 0 Å². The maximum atomic E-state index is 12.0. The summed E-state index contributed by atoms with van der Waals surface area (Å²) < 4.78 is 6.54. The number of aryl methyl sites for hydroxylation is 1. The summed E-state index contributed by atoms with van der Waals surface area (Å²) in [6.45, 7) is 1.46. The van der Waals surface area contributed by atoms with E-state index in [1.165, 1.54) is 30.1 Å². The van der Waals surface area contributed by atoms with E-state index in [0.717, 1.165) is 0 Å². The van der Waals surface area contributed by atoms with Crippen molar-refractivity contribution in [3.05, 3.63) is 46.2 Å². The second-order valence-electron chi connectivity index (χ2n) is 4.56. The third-order valence-corrected chi connectivity index (χ3v) is 3.34. The number of rotatable bonds is 4. The summed E-state index contributed by atoms with van der Waals surface area (Å²) >= 11 is 11.8. The fourth-order valence-corrected chi connectivity index (χ4v) is 1.97. The van der Waals surface area contributed by atoms with Gasteiger partial charge in [-0.3, -0.25) is 9.48 Å². The summed E-state index contributed by atoms with van der Waals surface area (Å²) in [5, 5.41) is 7.19. The molecule has 2 rings (SSSR count). The van der Waals surface area contributed by atoms with Crippen molar-refractivity contribution in [3.63, 3.8) is 0 Å². The number of benzene rings is 1. The standard InChI is InChI=1S/C14H13Cl2N3O3/c1-8(22-14(21)9-6-17-19(2)7-9)13(20)18-12-5-10(15)3-4-11(12)16/h3-8H,1-2H3,(H,18,20). The van der Waals surface area contributed by atoms with Gasteiger partial charge < -0.3 is 10.1 Å². The zero-order chi connectivity index (χ0) is 16.3. The van der Waals surface area contributed by atoms with Gasteiger partial charge in [-0.2, -0.15) is 5.10 Å². The number of hydrogen-bond donors (Lipinski definition) is 1. The van der Waals surface area contributed by atoms with E-state index in [-0.39, 0.29) is 5.56 Å². The summed E-state index contributed by atoms with van der Waals surface area (Å²) in [7, 11) is 1.67. The van der Waals surface area contributed by atoms with Gasteiger partial charge >= 0.3 is 5.97 Å². The van der Waals surface area contributed by atoms with Crippen molar-refractivity contribution in [1.29, 1.82) is 0 Å². The predicted molar refractivity (Wildman–Crippen MR) is 83.2 cm³/mol. The smallest absolute Gasteiger partial charge is 0.342 e. The van der Waals surface area contributed by atoms with E-state index in [1.807, 2.05) is 0 Å². The van der Waals surface area contributed by atoms with Gasteiger partial charge in [0.25, 0.3) is 5.91 Å².